The maximum Gasteiger partial charge on any atom is 0.308 e. The number of ether oxygens (including phenoxy) is 3. The fraction of sp³-hybridized carbons (Fsp3) is 0.941. The van der Waals surface area contributed by atoms with E-state index in [-0.39, 0.29) is 23.5 Å². The number of carbonyl (C=O) groups is 2. The highest BCUT2D eigenvalue weighted by molar-refractivity contribution is 5.84. The number of Topliss-reactive ketones (excluding diaryl/α,β-unsaturated/α-hetero) is 1. The average Bonchev–Trinajstić information content (AvgIpc) is 3.42. The number of carboxylic acids is 1. The molecule has 3 saturated heterocycles. The minimum Gasteiger partial charge on any atom is -0.481 e. The Morgan fingerprint density at radius 2 is 1.50 bits per heavy atom. The van der Waals surface area contributed by atoms with Crippen LogP contribution in [0.1, 0.15) is 114 Å². The molecule has 0 bridgehead atoms. The number of aliphatic carboxylic acids is 1. The summed E-state index contributed by atoms with van der Waals surface area (Å²) in [6, 6.07) is 0. The van der Waals surface area contributed by atoms with Crippen LogP contribution in [0.4, 0.5) is 0 Å². The molecule has 256 valence electrons. The molecule has 44 heavy (non-hydrogen) atoms. The van der Waals surface area contributed by atoms with E-state index in [4.69, 9.17) is 14.2 Å². The standard InChI is InChI=1S/C34H60O10/c1-11-24(28(39)22(8)27(38)23(9)29-18(4)14-20(6)33(40,43-29)17-26(36)37)30-19(5)15-31(10,42-30)34(41)21(7)16-32(13-3,44-34)25(35)12-2/h18-25,27,29-30,35,38,40-41H,11-17H2,1-10H3,(H,36,37)/t18-,19-,20+,21+,22-,23-,24-,25-,27+,29-,30-,31-,32+,33-,34+/m0/s1. The normalized spacial score (nSPS) is 44.6. The largest absolute Gasteiger partial charge is 0.481 e. The molecule has 0 radical (unpaired) electrons. The molecular formula is C34H60O10. The molecule has 10 nitrogen and oxygen atoms in total. The molecule has 3 aliphatic heterocycles. The maximum absolute atomic E-state index is 14.1. The Kier molecular flexibility index (Phi) is 11.5. The molecular weight excluding hydrogens is 568 g/mol. The van der Waals surface area contributed by atoms with E-state index in [1.807, 2.05) is 48.5 Å². The van der Waals surface area contributed by atoms with Crippen molar-refractivity contribution >= 4 is 11.8 Å². The van der Waals surface area contributed by atoms with Gasteiger partial charge in [0, 0.05) is 29.6 Å². The van der Waals surface area contributed by atoms with Gasteiger partial charge >= 0.3 is 5.97 Å². The van der Waals surface area contributed by atoms with Crippen LogP contribution in [0.5, 0.6) is 0 Å². The van der Waals surface area contributed by atoms with Gasteiger partial charge in [-0.3, -0.25) is 9.59 Å². The van der Waals surface area contributed by atoms with Crippen LogP contribution in [0.3, 0.4) is 0 Å². The lowest BCUT2D eigenvalue weighted by Crippen LogP contribution is -2.58. The molecule has 3 aliphatic rings. The predicted molar refractivity (Wildman–Crippen MR) is 164 cm³/mol. The van der Waals surface area contributed by atoms with Gasteiger partial charge in [0.05, 0.1) is 36.4 Å². The Balaban J connectivity index is 1.79. The zero-order valence-corrected chi connectivity index (χ0v) is 28.6. The molecule has 0 spiro atoms. The summed E-state index contributed by atoms with van der Waals surface area (Å²) in [5.41, 5.74) is -1.99. The van der Waals surface area contributed by atoms with E-state index in [0.29, 0.717) is 38.5 Å². The molecule has 5 N–H and O–H groups in total. The Bertz CT molecular complexity index is 1020. The fourth-order valence-electron chi connectivity index (χ4n) is 8.82. The summed E-state index contributed by atoms with van der Waals surface area (Å²) in [7, 11) is 0. The van der Waals surface area contributed by atoms with E-state index in [0.717, 1.165) is 0 Å². The second-order valence-electron chi connectivity index (χ2n) is 14.9. The van der Waals surface area contributed by atoms with Crippen molar-refractivity contribution in [3.63, 3.8) is 0 Å². The van der Waals surface area contributed by atoms with Gasteiger partial charge in [0.25, 0.3) is 0 Å². The lowest BCUT2D eigenvalue weighted by atomic mass is 9.73. The van der Waals surface area contributed by atoms with Gasteiger partial charge in [-0.1, -0.05) is 62.3 Å². The first kappa shape index (κ1) is 37.3. The Hall–Kier alpha value is -1.14. The second kappa shape index (κ2) is 13.5. The van der Waals surface area contributed by atoms with Crippen LogP contribution < -0.4 is 0 Å². The highest BCUT2D eigenvalue weighted by atomic mass is 16.7. The van der Waals surface area contributed by atoms with Crippen LogP contribution >= 0.6 is 0 Å². The molecule has 3 fully saturated rings. The molecule has 0 aromatic heterocycles. The van der Waals surface area contributed by atoms with Crippen molar-refractivity contribution in [2.24, 2.45) is 41.4 Å². The van der Waals surface area contributed by atoms with Crippen molar-refractivity contribution in [2.45, 2.75) is 161 Å². The molecule has 10 heteroatoms. The summed E-state index contributed by atoms with van der Waals surface area (Å²) in [4.78, 5) is 25.5. The Morgan fingerprint density at radius 3 is 2.02 bits per heavy atom. The average molecular weight is 629 g/mol. The predicted octanol–water partition coefficient (Wildman–Crippen LogP) is 4.29. The molecule has 0 saturated carbocycles. The van der Waals surface area contributed by atoms with Crippen molar-refractivity contribution in [1.29, 1.82) is 0 Å². The summed E-state index contributed by atoms with van der Waals surface area (Å²) >= 11 is 0. The number of carboxylic acid groups (broad SMARTS) is 1. The minimum atomic E-state index is -1.85. The van der Waals surface area contributed by atoms with Crippen LogP contribution in [0.25, 0.3) is 0 Å². The lowest BCUT2D eigenvalue weighted by Gasteiger charge is -2.47. The van der Waals surface area contributed by atoms with Crippen molar-refractivity contribution in [3.8, 4) is 0 Å². The van der Waals surface area contributed by atoms with Crippen LogP contribution in [-0.4, -0.2) is 84.5 Å². The van der Waals surface area contributed by atoms with Crippen LogP contribution in [0.2, 0.25) is 0 Å². The van der Waals surface area contributed by atoms with Crippen LogP contribution in [0.15, 0.2) is 0 Å². The van der Waals surface area contributed by atoms with Crippen LogP contribution in [0, 0.1) is 41.4 Å². The van der Waals surface area contributed by atoms with Gasteiger partial charge in [-0.05, 0) is 57.3 Å². The zero-order chi connectivity index (χ0) is 33.6. The maximum atomic E-state index is 14.1. The van der Waals surface area contributed by atoms with Crippen LogP contribution in [-0.2, 0) is 23.8 Å². The molecule has 3 heterocycles. The number of ketones is 1. The smallest absolute Gasteiger partial charge is 0.308 e. The van der Waals surface area contributed by atoms with Gasteiger partial charge in [0.1, 0.15) is 11.4 Å². The lowest BCUT2D eigenvalue weighted by molar-refractivity contribution is -0.332. The molecule has 0 unspecified atom stereocenters. The van der Waals surface area contributed by atoms with E-state index in [1.54, 1.807) is 20.8 Å². The highest BCUT2D eigenvalue weighted by Crippen LogP contribution is 2.56. The fourth-order valence-corrected chi connectivity index (χ4v) is 8.82. The van der Waals surface area contributed by atoms with E-state index in [2.05, 4.69) is 0 Å². The summed E-state index contributed by atoms with van der Waals surface area (Å²) in [6.45, 7) is 18.7. The van der Waals surface area contributed by atoms with Crippen molar-refractivity contribution < 1.29 is 49.3 Å². The first-order valence-electron chi connectivity index (χ1n) is 16.9. The number of carbonyl (C=O) groups excluding carboxylic acids is 1. The third kappa shape index (κ3) is 6.51. The number of rotatable bonds is 13. The van der Waals surface area contributed by atoms with Crippen molar-refractivity contribution in [1.82, 2.24) is 0 Å². The van der Waals surface area contributed by atoms with E-state index >= 15 is 0 Å². The summed E-state index contributed by atoms with van der Waals surface area (Å²) in [5, 5.41) is 54.8. The van der Waals surface area contributed by atoms with E-state index < -0.39 is 83.3 Å². The quantitative estimate of drug-likeness (QED) is 0.199. The van der Waals surface area contributed by atoms with Gasteiger partial charge in [-0.25, -0.2) is 0 Å². The summed E-state index contributed by atoms with van der Waals surface area (Å²) in [6.07, 6.45) is -0.539. The first-order chi connectivity index (χ1) is 20.3. The Morgan fingerprint density at radius 1 is 0.886 bits per heavy atom. The second-order valence-corrected chi connectivity index (χ2v) is 14.9. The SMILES string of the molecule is CC[C@@H](C(=O)[C@@H](C)[C@@H](O)[C@H](C)[C@H]1O[C@@](O)(CC(=O)O)[C@H](C)C[C@@H]1C)[C@H]1O[C@](C)([C@]2(O)O[C@@](CC)([C@@H](O)CC)C[C@H]2C)C[C@@H]1C. The number of hydrogen-bond donors (Lipinski definition) is 5. The van der Waals surface area contributed by atoms with Gasteiger partial charge in [-0.15, -0.1) is 0 Å². The van der Waals surface area contributed by atoms with E-state index in [1.165, 1.54) is 0 Å². The minimum absolute atomic E-state index is 0.0671. The number of hydrogen-bond acceptors (Lipinski definition) is 9. The van der Waals surface area contributed by atoms with Crippen molar-refractivity contribution in [3.05, 3.63) is 0 Å². The zero-order valence-electron chi connectivity index (χ0n) is 28.6. The molecule has 0 aromatic rings. The number of aliphatic hydroxyl groups is 4. The summed E-state index contributed by atoms with van der Waals surface area (Å²) < 4.78 is 19.1. The molecule has 0 aromatic carbocycles. The highest BCUT2D eigenvalue weighted by Gasteiger charge is 2.67. The first-order valence-corrected chi connectivity index (χ1v) is 16.9. The van der Waals surface area contributed by atoms with Gasteiger partial charge in [-0.2, -0.15) is 0 Å². The molecule has 15 atom stereocenters. The monoisotopic (exact) mass is 628 g/mol. The topological polar surface area (TPSA) is 163 Å². The van der Waals surface area contributed by atoms with Gasteiger partial charge in [0.15, 0.2) is 11.6 Å². The Labute approximate surface area is 263 Å². The third-order valence-corrected chi connectivity index (χ3v) is 11.7. The number of aliphatic hydroxyl groups excluding tert-OH is 2. The van der Waals surface area contributed by atoms with E-state index in [9.17, 15) is 35.1 Å². The summed E-state index contributed by atoms with van der Waals surface area (Å²) in [5.74, 6) is -7.56. The van der Waals surface area contributed by atoms with Gasteiger partial charge < -0.3 is 39.7 Å². The molecule has 0 amide bonds. The molecule has 0 aliphatic carbocycles. The van der Waals surface area contributed by atoms with Crippen molar-refractivity contribution in [2.75, 3.05) is 0 Å². The molecule has 3 rings (SSSR count). The van der Waals surface area contributed by atoms with Gasteiger partial charge in [0.2, 0.25) is 0 Å². The third-order valence-electron chi connectivity index (χ3n) is 11.7.